The van der Waals surface area contributed by atoms with Gasteiger partial charge in [0.1, 0.15) is 24.1 Å². The molecule has 2 aromatic rings. The molecule has 1 aliphatic heterocycles. The summed E-state index contributed by atoms with van der Waals surface area (Å²) in [6.45, 7) is 0.236. The van der Waals surface area contributed by atoms with Crippen LogP contribution in [0.5, 0.6) is 11.5 Å². The highest BCUT2D eigenvalue weighted by Gasteiger charge is 2.34. The summed E-state index contributed by atoms with van der Waals surface area (Å²) in [5, 5.41) is 9.64. The van der Waals surface area contributed by atoms with Gasteiger partial charge in [0.05, 0.1) is 13.0 Å². The Bertz CT molecular complexity index is 821. The van der Waals surface area contributed by atoms with Crippen LogP contribution in [0.1, 0.15) is 11.1 Å². The fourth-order valence-electron chi connectivity index (χ4n) is 3.33. The van der Waals surface area contributed by atoms with Crippen LogP contribution in [0.4, 0.5) is 0 Å². The lowest BCUT2D eigenvalue weighted by molar-refractivity contribution is -0.151. The molecule has 6 heteroatoms. The Morgan fingerprint density at radius 3 is 2.67 bits per heavy atom. The van der Waals surface area contributed by atoms with Gasteiger partial charge in [0.15, 0.2) is 0 Å². The first-order valence-electron chi connectivity index (χ1n) is 8.82. The highest BCUT2D eigenvalue weighted by molar-refractivity contribution is 5.85. The number of rotatable bonds is 6. The predicted octanol–water partition coefficient (Wildman–Crippen LogP) is 2.40. The zero-order valence-corrected chi connectivity index (χ0v) is 15.4. The normalized spacial score (nSPS) is 16.6. The zero-order chi connectivity index (χ0) is 19.4. The smallest absolute Gasteiger partial charge is 0.326 e. The topological polar surface area (TPSA) is 76.1 Å². The van der Waals surface area contributed by atoms with Crippen molar-refractivity contribution in [3.05, 3.63) is 59.7 Å². The molecule has 0 radical (unpaired) electrons. The number of nitrogens with zero attached hydrogens (tertiary/aromatic N) is 1. The molecule has 2 unspecified atom stereocenters. The van der Waals surface area contributed by atoms with Gasteiger partial charge < -0.3 is 19.5 Å². The third-order valence-electron chi connectivity index (χ3n) is 4.90. The first-order chi connectivity index (χ1) is 13.0. The van der Waals surface area contributed by atoms with Gasteiger partial charge in [-0.25, -0.2) is 4.79 Å². The van der Waals surface area contributed by atoms with E-state index in [9.17, 15) is 14.7 Å². The van der Waals surface area contributed by atoms with Crippen LogP contribution < -0.4 is 9.47 Å². The molecule has 6 nitrogen and oxygen atoms in total. The maximum Gasteiger partial charge on any atom is 0.326 e. The minimum atomic E-state index is -1.02. The second-order valence-corrected chi connectivity index (χ2v) is 6.68. The van der Waals surface area contributed by atoms with Crippen LogP contribution in [0, 0.1) is 5.92 Å². The van der Waals surface area contributed by atoms with E-state index >= 15 is 0 Å². The van der Waals surface area contributed by atoms with E-state index in [1.54, 1.807) is 14.2 Å². The number of methoxy groups -OCH3 is 1. The molecular formula is C21H23NO5. The average molecular weight is 369 g/mol. The number of carbonyl (C=O) groups is 2. The average Bonchev–Trinajstić information content (AvgIpc) is 2.70. The Kier molecular flexibility index (Phi) is 5.64. The Balaban J connectivity index is 1.74. The molecule has 2 atom stereocenters. The van der Waals surface area contributed by atoms with Crippen LogP contribution in [0.15, 0.2) is 48.5 Å². The first-order valence-corrected chi connectivity index (χ1v) is 8.82. The van der Waals surface area contributed by atoms with Gasteiger partial charge in [-0.1, -0.05) is 30.3 Å². The molecule has 1 aliphatic rings. The summed E-state index contributed by atoms with van der Waals surface area (Å²) in [7, 11) is 3.13. The molecule has 0 saturated heterocycles. The summed E-state index contributed by atoms with van der Waals surface area (Å²) < 4.78 is 10.9. The quantitative estimate of drug-likeness (QED) is 0.846. The lowest BCUT2D eigenvalue weighted by Crippen LogP contribution is -2.48. The Labute approximate surface area is 158 Å². The maximum atomic E-state index is 12.9. The molecule has 0 aromatic heterocycles. The van der Waals surface area contributed by atoms with Gasteiger partial charge in [-0.15, -0.1) is 0 Å². The van der Waals surface area contributed by atoms with Crippen molar-refractivity contribution < 1.29 is 24.2 Å². The highest BCUT2D eigenvalue weighted by Crippen LogP contribution is 2.31. The summed E-state index contributed by atoms with van der Waals surface area (Å²) in [6.07, 6.45) is 0.754. The summed E-state index contributed by atoms with van der Waals surface area (Å²) in [5.41, 5.74) is 1.77. The minimum Gasteiger partial charge on any atom is -0.497 e. The third kappa shape index (κ3) is 4.22. The summed E-state index contributed by atoms with van der Waals surface area (Å²) in [5.74, 6) is -0.236. The maximum absolute atomic E-state index is 12.9. The van der Waals surface area contributed by atoms with E-state index in [2.05, 4.69) is 0 Å². The Hall–Kier alpha value is -3.02. The first kappa shape index (κ1) is 18.8. The molecule has 0 fully saturated rings. The molecule has 0 aliphatic carbocycles. The van der Waals surface area contributed by atoms with E-state index < -0.39 is 17.9 Å². The fourth-order valence-corrected chi connectivity index (χ4v) is 3.33. The number of aliphatic carboxylic acids is 1. The molecule has 142 valence electrons. The van der Waals surface area contributed by atoms with E-state index in [-0.39, 0.29) is 18.9 Å². The third-order valence-corrected chi connectivity index (χ3v) is 4.90. The molecule has 0 saturated carbocycles. The number of likely N-dealkylation sites (N-methyl/N-ethyl adjacent to an activating group) is 1. The molecule has 2 aromatic carbocycles. The van der Waals surface area contributed by atoms with Crippen molar-refractivity contribution in [3.63, 3.8) is 0 Å². The second-order valence-electron chi connectivity index (χ2n) is 6.68. The summed E-state index contributed by atoms with van der Waals surface area (Å²) in [6, 6.07) is 13.9. The Morgan fingerprint density at radius 1 is 1.26 bits per heavy atom. The number of carboxylic acids is 1. The van der Waals surface area contributed by atoms with Crippen molar-refractivity contribution >= 4 is 11.9 Å². The van der Waals surface area contributed by atoms with Crippen LogP contribution in [-0.2, 0) is 22.4 Å². The van der Waals surface area contributed by atoms with E-state index in [4.69, 9.17) is 9.47 Å². The molecule has 27 heavy (non-hydrogen) atoms. The van der Waals surface area contributed by atoms with Crippen molar-refractivity contribution in [1.82, 2.24) is 4.90 Å². The van der Waals surface area contributed by atoms with Crippen LogP contribution in [0.25, 0.3) is 0 Å². The SMILES string of the molecule is COc1ccc2c(c1)CC(C(=O)N(C)C(Cc1ccccc1)C(=O)O)CO2. The van der Waals surface area contributed by atoms with E-state index in [0.717, 1.165) is 16.9 Å². The molecule has 0 bridgehead atoms. The number of fused-ring (bicyclic) bond motifs is 1. The van der Waals surface area contributed by atoms with Gasteiger partial charge in [0.2, 0.25) is 5.91 Å². The van der Waals surface area contributed by atoms with Gasteiger partial charge in [0, 0.05) is 13.5 Å². The fraction of sp³-hybridized carbons (Fsp3) is 0.333. The highest BCUT2D eigenvalue weighted by atomic mass is 16.5. The second kappa shape index (κ2) is 8.12. The number of hydrogen-bond donors (Lipinski definition) is 1. The van der Waals surface area contributed by atoms with Gasteiger partial charge in [0.25, 0.3) is 0 Å². The molecule has 1 N–H and O–H groups in total. The molecule has 0 spiro atoms. The van der Waals surface area contributed by atoms with Gasteiger partial charge in [-0.05, 0) is 35.7 Å². The van der Waals surface area contributed by atoms with Gasteiger partial charge >= 0.3 is 5.97 Å². The number of hydrogen-bond acceptors (Lipinski definition) is 4. The minimum absolute atomic E-state index is 0.230. The van der Waals surface area contributed by atoms with Crippen molar-refractivity contribution in [2.24, 2.45) is 5.92 Å². The predicted molar refractivity (Wildman–Crippen MR) is 100 cm³/mol. The molecule has 1 heterocycles. The lowest BCUT2D eigenvalue weighted by Gasteiger charge is -2.31. The van der Waals surface area contributed by atoms with Crippen LogP contribution >= 0.6 is 0 Å². The van der Waals surface area contributed by atoms with Gasteiger partial charge in [-0.3, -0.25) is 4.79 Å². The van der Waals surface area contributed by atoms with Crippen LogP contribution in [-0.4, -0.2) is 48.7 Å². The molecule has 3 rings (SSSR count). The summed E-state index contributed by atoms with van der Waals surface area (Å²) >= 11 is 0. The van der Waals surface area contributed by atoms with Crippen LogP contribution in [0.3, 0.4) is 0 Å². The number of amides is 1. The standard InChI is InChI=1S/C21H23NO5/c1-22(18(21(24)25)10-14-6-4-3-5-7-14)20(23)16-11-15-12-17(26-2)8-9-19(15)27-13-16/h3-9,12,16,18H,10-11,13H2,1-2H3,(H,24,25). The van der Waals surface area contributed by atoms with Crippen molar-refractivity contribution in [3.8, 4) is 11.5 Å². The number of benzene rings is 2. The monoisotopic (exact) mass is 369 g/mol. The molecular weight excluding hydrogens is 346 g/mol. The van der Waals surface area contributed by atoms with Crippen molar-refractivity contribution in [1.29, 1.82) is 0 Å². The number of ether oxygens (including phenoxy) is 2. The van der Waals surface area contributed by atoms with Crippen molar-refractivity contribution in [2.45, 2.75) is 18.9 Å². The summed E-state index contributed by atoms with van der Waals surface area (Å²) in [4.78, 5) is 26.1. The molecule has 1 amide bonds. The number of carbonyl (C=O) groups excluding carboxylic acids is 1. The zero-order valence-electron chi connectivity index (χ0n) is 15.4. The van der Waals surface area contributed by atoms with Crippen LogP contribution in [0.2, 0.25) is 0 Å². The van der Waals surface area contributed by atoms with E-state index in [1.165, 1.54) is 4.90 Å². The van der Waals surface area contributed by atoms with E-state index in [1.807, 2.05) is 48.5 Å². The van der Waals surface area contributed by atoms with Gasteiger partial charge in [-0.2, -0.15) is 0 Å². The van der Waals surface area contributed by atoms with Crippen molar-refractivity contribution in [2.75, 3.05) is 20.8 Å². The lowest BCUT2D eigenvalue weighted by atomic mass is 9.94. The van der Waals surface area contributed by atoms with E-state index in [0.29, 0.717) is 12.2 Å². The number of carboxylic acid groups (broad SMARTS) is 1. The largest absolute Gasteiger partial charge is 0.497 e. The Morgan fingerprint density at radius 2 is 2.00 bits per heavy atom.